The van der Waals surface area contributed by atoms with Crippen molar-refractivity contribution >= 4 is 5.91 Å². The summed E-state index contributed by atoms with van der Waals surface area (Å²) in [5, 5.41) is 3.19. The van der Waals surface area contributed by atoms with Crippen LogP contribution in [-0.4, -0.2) is 37.0 Å². The summed E-state index contributed by atoms with van der Waals surface area (Å²) >= 11 is 0. The molecule has 1 fully saturated rings. The predicted octanol–water partition coefficient (Wildman–Crippen LogP) is 0.773. The molecular weight excluding hydrogens is 164 g/mol. The van der Waals surface area contributed by atoms with E-state index >= 15 is 0 Å². The SMILES string of the molecule is C=C(C)CN(C)C(=O)CNC1CC1. The van der Waals surface area contributed by atoms with Crippen LogP contribution in [0, 0.1) is 0 Å². The third kappa shape index (κ3) is 4.08. The van der Waals surface area contributed by atoms with Crippen molar-refractivity contribution in [1.82, 2.24) is 10.2 Å². The zero-order valence-corrected chi connectivity index (χ0v) is 8.47. The minimum Gasteiger partial charge on any atom is -0.341 e. The summed E-state index contributed by atoms with van der Waals surface area (Å²) < 4.78 is 0. The molecule has 1 aliphatic rings. The quantitative estimate of drug-likeness (QED) is 0.637. The average molecular weight is 182 g/mol. The lowest BCUT2D eigenvalue weighted by atomic mass is 10.3. The standard InChI is InChI=1S/C10H18N2O/c1-8(2)7-12(3)10(13)6-11-9-4-5-9/h9,11H,1,4-7H2,2-3H3. The van der Waals surface area contributed by atoms with Gasteiger partial charge in [-0.1, -0.05) is 12.2 Å². The Hall–Kier alpha value is -0.830. The molecule has 1 rings (SSSR count). The Bertz CT molecular complexity index is 209. The average Bonchev–Trinajstić information content (AvgIpc) is 2.81. The van der Waals surface area contributed by atoms with E-state index in [2.05, 4.69) is 11.9 Å². The van der Waals surface area contributed by atoms with E-state index in [1.165, 1.54) is 12.8 Å². The first-order valence-corrected chi connectivity index (χ1v) is 4.71. The summed E-state index contributed by atoms with van der Waals surface area (Å²) in [6, 6.07) is 0.599. The van der Waals surface area contributed by atoms with Gasteiger partial charge in [0.25, 0.3) is 0 Å². The first-order chi connectivity index (χ1) is 6.09. The fraction of sp³-hybridized carbons (Fsp3) is 0.700. The van der Waals surface area contributed by atoms with Crippen LogP contribution in [0.15, 0.2) is 12.2 Å². The molecule has 3 heteroatoms. The molecular formula is C10H18N2O. The minimum atomic E-state index is 0.148. The topological polar surface area (TPSA) is 32.3 Å². The number of nitrogens with zero attached hydrogens (tertiary/aromatic N) is 1. The maximum atomic E-state index is 11.4. The molecule has 0 aromatic rings. The highest BCUT2D eigenvalue weighted by atomic mass is 16.2. The van der Waals surface area contributed by atoms with E-state index in [-0.39, 0.29) is 5.91 Å². The highest BCUT2D eigenvalue weighted by Crippen LogP contribution is 2.18. The van der Waals surface area contributed by atoms with Crippen molar-refractivity contribution in [1.29, 1.82) is 0 Å². The Labute approximate surface area is 79.8 Å². The summed E-state index contributed by atoms with van der Waals surface area (Å²) in [7, 11) is 1.81. The molecule has 3 nitrogen and oxygen atoms in total. The van der Waals surface area contributed by atoms with Gasteiger partial charge in [-0.2, -0.15) is 0 Å². The second-order valence-corrected chi connectivity index (χ2v) is 3.86. The number of likely N-dealkylation sites (N-methyl/N-ethyl adjacent to an activating group) is 1. The Balaban J connectivity index is 2.16. The molecule has 1 amide bonds. The largest absolute Gasteiger partial charge is 0.341 e. The Morgan fingerprint density at radius 3 is 2.69 bits per heavy atom. The van der Waals surface area contributed by atoms with Crippen molar-refractivity contribution in [2.45, 2.75) is 25.8 Å². The molecule has 0 aromatic heterocycles. The summed E-state index contributed by atoms with van der Waals surface area (Å²) in [4.78, 5) is 13.1. The maximum absolute atomic E-state index is 11.4. The summed E-state index contributed by atoms with van der Waals surface area (Å²) in [6.07, 6.45) is 2.44. The Morgan fingerprint density at radius 2 is 2.23 bits per heavy atom. The van der Waals surface area contributed by atoms with Gasteiger partial charge >= 0.3 is 0 Å². The molecule has 0 bridgehead atoms. The van der Waals surface area contributed by atoms with Gasteiger partial charge in [0.15, 0.2) is 0 Å². The predicted molar refractivity (Wildman–Crippen MR) is 53.5 cm³/mol. The number of rotatable bonds is 5. The summed E-state index contributed by atoms with van der Waals surface area (Å²) in [5.74, 6) is 0.148. The second-order valence-electron chi connectivity index (χ2n) is 3.86. The molecule has 74 valence electrons. The lowest BCUT2D eigenvalue weighted by molar-refractivity contribution is -0.128. The number of carbonyl (C=O) groups excluding carboxylic acids is 1. The van der Waals surface area contributed by atoms with Gasteiger partial charge < -0.3 is 10.2 Å². The number of hydrogen-bond acceptors (Lipinski definition) is 2. The molecule has 0 unspecified atom stereocenters. The van der Waals surface area contributed by atoms with Gasteiger partial charge in [-0.05, 0) is 19.8 Å². The van der Waals surface area contributed by atoms with Crippen molar-refractivity contribution in [2.75, 3.05) is 20.1 Å². The molecule has 1 N–H and O–H groups in total. The van der Waals surface area contributed by atoms with Gasteiger partial charge in [-0.15, -0.1) is 0 Å². The van der Waals surface area contributed by atoms with Gasteiger partial charge in [-0.25, -0.2) is 0 Å². The maximum Gasteiger partial charge on any atom is 0.236 e. The highest BCUT2D eigenvalue weighted by molar-refractivity contribution is 5.78. The van der Waals surface area contributed by atoms with Crippen LogP contribution in [-0.2, 0) is 4.79 Å². The monoisotopic (exact) mass is 182 g/mol. The van der Waals surface area contributed by atoms with E-state index in [1.54, 1.807) is 4.90 Å². The molecule has 0 radical (unpaired) electrons. The lowest BCUT2D eigenvalue weighted by Gasteiger charge is -2.17. The fourth-order valence-electron chi connectivity index (χ4n) is 1.15. The Morgan fingerprint density at radius 1 is 1.62 bits per heavy atom. The van der Waals surface area contributed by atoms with Crippen LogP contribution in [0.3, 0.4) is 0 Å². The van der Waals surface area contributed by atoms with Crippen molar-refractivity contribution in [3.05, 3.63) is 12.2 Å². The van der Waals surface area contributed by atoms with Gasteiger partial charge in [-0.3, -0.25) is 4.79 Å². The summed E-state index contributed by atoms with van der Waals surface area (Å²) in [5.41, 5.74) is 1.02. The van der Waals surface area contributed by atoms with Crippen LogP contribution in [0.4, 0.5) is 0 Å². The van der Waals surface area contributed by atoms with Crippen LogP contribution in [0.5, 0.6) is 0 Å². The van der Waals surface area contributed by atoms with Crippen LogP contribution in [0.1, 0.15) is 19.8 Å². The molecule has 13 heavy (non-hydrogen) atoms. The van der Waals surface area contributed by atoms with Crippen molar-refractivity contribution < 1.29 is 4.79 Å². The van der Waals surface area contributed by atoms with Crippen LogP contribution < -0.4 is 5.32 Å². The third-order valence-corrected chi connectivity index (χ3v) is 2.05. The smallest absolute Gasteiger partial charge is 0.236 e. The molecule has 0 spiro atoms. The molecule has 1 saturated carbocycles. The van der Waals surface area contributed by atoms with E-state index in [4.69, 9.17) is 0 Å². The molecule has 0 heterocycles. The lowest BCUT2D eigenvalue weighted by Crippen LogP contribution is -2.37. The van der Waals surface area contributed by atoms with E-state index in [0.717, 1.165) is 5.57 Å². The van der Waals surface area contributed by atoms with Crippen LogP contribution in [0.2, 0.25) is 0 Å². The van der Waals surface area contributed by atoms with Crippen molar-refractivity contribution in [3.8, 4) is 0 Å². The van der Waals surface area contributed by atoms with Gasteiger partial charge in [0.05, 0.1) is 6.54 Å². The summed E-state index contributed by atoms with van der Waals surface area (Å²) in [6.45, 7) is 6.82. The van der Waals surface area contributed by atoms with E-state index in [0.29, 0.717) is 19.1 Å². The molecule has 0 saturated heterocycles. The minimum absolute atomic E-state index is 0.148. The van der Waals surface area contributed by atoms with E-state index in [9.17, 15) is 4.79 Å². The molecule has 1 aliphatic carbocycles. The van der Waals surface area contributed by atoms with Gasteiger partial charge in [0.1, 0.15) is 0 Å². The number of amides is 1. The number of carbonyl (C=O) groups is 1. The first kappa shape index (κ1) is 10.3. The van der Waals surface area contributed by atoms with Crippen LogP contribution >= 0.6 is 0 Å². The van der Waals surface area contributed by atoms with Gasteiger partial charge in [0, 0.05) is 19.6 Å². The van der Waals surface area contributed by atoms with E-state index in [1.807, 2.05) is 14.0 Å². The van der Waals surface area contributed by atoms with E-state index < -0.39 is 0 Å². The zero-order valence-electron chi connectivity index (χ0n) is 8.47. The fourth-order valence-corrected chi connectivity index (χ4v) is 1.15. The Kier molecular flexibility index (Phi) is 3.48. The van der Waals surface area contributed by atoms with Crippen molar-refractivity contribution in [3.63, 3.8) is 0 Å². The number of nitrogens with one attached hydrogen (secondary N) is 1. The third-order valence-electron chi connectivity index (χ3n) is 2.05. The normalized spacial score (nSPS) is 15.5. The van der Waals surface area contributed by atoms with Crippen LogP contribution in [0.25, 0.3) is 0 Å². The number of hydrogen-bond donors (Lipinski definition) is 1. The van der Waals surface area contributed by atoms with Crippen molar-refractivity contribution in [2.24, 2.45) is 0 Å². The molecule has 0 atom stereocenters. The van der Waals surface area contributed by atoms with Gasteiger partial charge in [0.2, 0.25) is 5.91 Å². The zero-order chi connectivity index (χ0) is 9.84. The molecule has 0 aromatic carbocycles. The first-order valence-electron chi connectivity index (χ1n) is 4.71. The second kappa shape index (κ2) is 4.42. The molecule has 0 aliphatic heterocycles. The highest BCUT2D eigenvalue weighted by Gasteiger charge is 2.21.